The highest BCUT2D eigenvalue weighted by molar-refractivity contribution is 6.35. The molecule has 47 heavy (non-hydrogen) atoms. The average Bonchev–Trinajstić information content (AvgIpc) is 3.29. The van der Waals surface area contributed by atoms with Crippen LogP contribution in [0.3, 0.4) is 0 Å². The predicted octanol–water partition coefficient (Wildman–Crippen LogP) is 8.34. The fourth-order valence-electron chi connectivity index (χ4n) is 5.96. The Kier molecular flexibility index (Phi) is 9.98. The van der Waals surface area contributed by atoms with Gasteiger partial charge in [0, 0.05) is 36.1 Å². The van der Waals surface area contributed by atoms with E-state index in [2.05, 4.69) is 15.3 Å². The number of aryl methyl sites for hydroxylation is 1. The van der Waals surface area contributed by atoms with Crippen molar-refractivity contribution in [2.45, 2.75) is 38.9 Å². The van der Waals surface area contributed by atoms with Crippen LogP contribution in [0.1, 0.15) is 41.5 Å². The molecule has 2 heterocycles. The summed E-state index contributed by atoms with van der Waals surface area (Å²) in [5, 5.41) is 12.7. The molecule has 1 unspecified atom stereocenters. The maximum atomic E-state index is 16.7. The summed E-state index contributed by atoms with van der Waals surface area (Å²) in [6, 6.07) is 11.3. The number of nitriles is 1. The number of halogens is 6. The normalized spacial score (nSPS) is 15.2. The second-order valence-corrected chi connectivity index (χ2v) is 11.8. The minimum absolute atomic E-state index is 0.0607. The zero-order chi connectivity index (χ0) is 34.0. The highest BCUT2D eigenvalue weighted by Gasteiger charge is 2.40. The van der Waals surface area contributed by atoms with Crippen molar-refractivity contribution in [1.82, 2.24) is 9.97 Å². The van der Waals surface area contributed by atoms with Crippen molar-refractivity contribution in [1.29, 1.82) is 5.26 Å². The first kappa shape index (κ1) is 34.0. The van der Waals surface area contributed by atoms with E-state index < -0.39 is 34.2 Å². The predicted molar refractivity (Wildman–Crippen MR) is 171 cm³/mol. The van der Waals surface area contributed by atoms with Crippen molar-refractivity contribution < 1.29 is 31.8 Å². The molecule has 0 amide bonds. The maximum absolute atomic E-state index is 16.7. The number of carbonyl (C=O) groups excluding carboxylic acids is 1. The quantitative estimate of drug-likeness (QED) is 0.117. The van der Waals surface area contributed by atoms with Crippen LogP contribution in [0.5, 0.6) is 5.75 Å². The molecule has 14 heteroatoms. The number of alkyl halides is 3. The molecule has 1 aliphatic rings. The molecule has 0 aliphatic carbocycles. The molecule has 1 atom stereocenters. The molecule has 1 aromatic heterocycles. The van der Waals surface area contributed by atoms with Crippen LogP contribution >= 0.6 is 23.2 Å². The van der Waals surface area contributed by atoms with Crippen LogP contribution < -0.4 is 15.0 Å². The monoisotopic (exact) mass is 689 g/mol. The summed E-state index contributed by atoms with van der Waals surface area (Å²) in [4.78, 5) is 22.3. The van der Waals surface area contributed by atoms with Gasteiger partial charge in [-0.25, -0.2) is 9.37 Å². The first-order valence-corrected chi connectivity index (χ1v) is 15.3. The van der Waals surface area contributed by atoms with Gasteiger partial charge in [-0.1, -0.05) is 23.7 Å². The van der Waals surface area contributed by atoms with Crippen molar-refractivity contribution >= 4 is 51.6 Å². The summed E-state index contributed by atoms with van der Waals surface area (Å²) >= 11 is 12.9. The summed E-state index contributed by atoms with van der Waals surface area (Å²) in [6.07, 6.45) is -3.38. The maximum Gasteiger partial charge on any atom is 0.417 e. The summed E-state index contributed by atoms with van der Waals surface area (Å²) in [6.45, 7) is 2.17. The van der Waals surface area contributed by atoms with E-state index >= 15 is 4.39 Å². The number of anilines is 2. The van der Waals surface area contributed by atoms with Gasteiger partial charge < -0.3 is 19.7 Å². The molecule has 1 N–H and O–H groups in total. The fraction of sp³-hybridized carbons (Fsp3) is 0.333. The zero-order valence-corrected chi connectivity index (χ0v) is 27.1. The number of nitrogens with zero attached hydrogens (tertiary/aromatic N) is 4. The Labute approximate surface area is 278 Å². The van der Waals surface area contributed by atoms with Crippen molar-refractivity contribution in [2.24, 2.45) is 5.92 Å². The zero-order valence-electron chi connectivity index (χ0n) is 25.6. The summed E-state index contributed by atoms with van der Waals surface area (Å²) in [5.41, 5.74) is -2.79. The number of ether oxygens (including phenoxy) is 2. The molecule has 3 aromatic carbocycles. The molecule has 246 valence electrons. The number of hydrogen-bond acceptors (Lipinski definition) is 8. The molecule has 1 aliphatic heterocycles. The van der Waals surface area contributed by atoms with Gasteiger partial charge in [-0.3, -0.25) is 4.79 Å². The summed E-state index contributed by atoms with van der Waals surface area (Å²) in [7, 11) is 2.84. The molecule has 8 nitrogen and oxygen atoms in total. The van der Waals surface area contributed by atoms with Crippen LogP contribution in [0.25, 0.3) is 22.0 Å². The van der Waals surface area contributed by atoms with E-state index in [4.69, 9.17) is 32.7 Å². The van der Waals surface area contributed by atoms with Crippen molar-refractivity contribution in [3.8, 4) is 22.9 Å². The van der Waals surface area contributed by atoms with E-state index in [9.17, 15) is 23.2 Å². The largest absolute Gasteiger partial charge is 0.497 e. The molecular weight excluding hydrogens is 661 g/mol. The Morgan fingerprint density at radius 2 is 1.83 bits per heavy atom. The first-order chi connectivity index (χ1) is 22.4. The molecule has 1 fully saturated rings. The lowest BCUT2D eigenvalue weighted by molar-refractivity contribution is -0.145. The van der Waals surface area contributed by atoms with Crippen molar-refractivity contribution in [3.63, 3.8) is 0 Å². The van der Waals surface area contributed by atoms with E-state index in [-0.39, 0.29) is 56.7 Å². The van der Waals surface area contributed by atoms with E-state index in [0.29, 0.717) is 38.1 Å². The molecule has 0 radical (unpaired) electrons. The third kappa shape index (κ3) is 6.87. The topological polar surface area (TPSA) is 100 Å². The molecule has 0 bridgehead atoms. The molecule has 0 saturated carbocycles. The molecule has 5 rings (SSSR count). The van der Waals surface area contributed by atoms with Crippen LogP contribution in [0.4, 0.5) is 29.1 Å². The Hall–Kier alpha value is -4.34. The SMILES string of the molecule is COC(=O)C1CCCN(c2nc(Cl)nc3c(F)c(-c4c(C#N)c(NCc5ccc(OC)cc5)cc(C)c4C(F)(F)F)c(Cl)cc23)CC1. The van der Waals surface area contributed by atoms with E-state index in [1.807, 2.05) is 11.0 Å². The van der Waals surface area contributed by atoms with Gasteiger partial charge in [0.1, 0.15) is 23.2 Å². The third-order valence-electron chi connectivity index (χ3n) is 8.21. The van der Waals surface area contributed by atoms with Gasteiger partial charge in [0.25, 0.3) is 0 Å². The van der Waals surface area contributed by atoms with Crippen molar-refractivity contribution in [3.05, 3.63) is 74.8 Å². The Balaban J connectivity index is 1.66. The number of hydrogen-bond donors (Lipinski definition) is 1. The Bertz CT molecular complexity index is 1880. The average molecular weight is 691 g/mol. The van der Waals surface area contributed by atoms with E-state index in [0.717, 1.165) is 5.56 Å². The lowest BCUT2D eigenvalue weighted by Crippen LogP contribution is -2.26. The number of benzene rings is 3. The van der Waals surface area contributed by atoms with Gasteiger partial charge in [-0.2, -0.15) is 23.4 Å². The van der Waals surface area contributed by atoms with Gasteiger partial charge in [-0.05, 0) is 73.2 Å². The lowest BCUT2D eigenvalue weighted by atomic mass is 9.88. The van der Waals surface area contributed by atoms with Gasteiger partial charge in [0.15, 0.2) is 5.82 Å². The van der Waals surface area contributed by atoms with Crippen LogP contribution in [-0.4, -0.2) is 43.2 Å². The summed E-state index contributed by atoms with van der Waals surface area (Å²) < 4.78 is 70.8. The summed E-state index contributed by atoms with van der Waals surface area (Å²) in [5.74, 6) is -1.01. The van der Waals surface area contributed by atoms with Gasteiger partial charge >= 0.3 is 12.1 Å². The highest BCUT2D eigenvalue weighted by atomic mass is 35.5. The number of aromatic nitrogens is 2. The Morgan fingerprint density at radius 3 is 2.47 bits per heavy atom. The van der Waals surface area contributed by atoms with Crippen LogP contribution in [0, 0.1) is 30.0 Å². The minimum atomic E-state index is -4.97. The smallest absolute Gasteiger partial charge is 0.417 e. The third-order valence-corrected chi connectivity index (χ3v) is 8.68. The highest BCUT2D eigenvalue weighted by Crippen LogP contribution is 2.48. The molecule has 0 spiro atoms. The van der Waals surface area contributed by atoms with E-state index in [1.165, 1.54) is 33.3 Å². The molecular formula is C33H29Cl2F4N5O3. The number of nitrogens with one attached hydrogen (secondary N) is 1. The number of rotatable bonds is 7. The van der Waals surface area contributed by atoms with E-state index in [1.54, 1.807) is 24.3 Å². The van der Waals surface area contributed by atoms with Crippen LogP contribution in [0.15, 0.2) is 36.4 Å². The van der Waals surface area contributed by atoms with Crippen LogP contribution in [-0.2, 0) is 22.3 Å². The van der Waals surface area contributed by atoms with Gasteiger partial charge in [-0.15, -0.1) is 0 Å². The first-order valence-electron chi connectivity index (χ1n) is 14.6. The van der Waals surface area contributed by atoms with Crippen LogP contribution in [0.2, 0.25) is 10.3 Å². The van der Waals surface area contributed by atoms with Gasteiger partial charge in [0.2, 0.25) is 5.28 Å². The number of methoxy groups -OCH3 is 2. The number of esters is 1. The molecule has 1 saturated heterocycles. The standard InChI is InChI=1S/C33H29Cl2F4N5O3/c1-17-13-24(41-16-18-6-8-20(46-2)9-7-18)22(15-40)25(27(17)33(37,38)39)26-23(34)14-21-29(28(26)36)42-32(35)43-30(21)44-11-4-5-19(10-12-44)31(45)47-3/h6-9,13-14,19,41H,4-5,10-12,16H2,1-3H3. The Morgan fingerprint density at radius 1 is 1.11 bits per heavy atom. The second kappa shape index (κ2) is 13.8. The minimum Gasteiger partial charge on any atom is -0.497 e. The fourth-order valence-corrected chi connectivity index (χ4v) is 6.41. The van der Waals surface area contributed by atoms with Crippen molar-refractivity contribution in [2.75, 3.05) is 37.5 Å². The number of fused-ring (bicyclic) bond motifs is 1. The lowest BCUT2D eigenvalue weighted by Gasteiger charge is -2.25. The second-order valence-electron chi connectivity index (χ2n) is 11.1. The number of carbonyl (C=O) groups is 1. The van der Waals surface area contributed by atoms with Gasteiger partial charge in [0.05, 0.1) is 42.0 Å². The molecule has 4 aromatic rings.